The van der Waals surface area contributed by atoms with E-state index in [4.69, 9.17) is 6.42 Å². The van der Waals surface area contributed by atoms with E-state index in [1.165, 1.54) is 11.3 Å². The summed E-state index contributed by atoms with van der Waals surface area (Å²) in [6.45, 7) is 3.90. The molecule has 2 rings (SSSR count). The highest BCUT2D eigenvalue weighted by Gasteiger charge is 2.25. The molecule has 6 heteroatoms. The molecule has 0 aliphatic rings. The number of aromatic nitrogens is 1. The minimum absolute atomic E-state index is 0.126. The third-order valence-corrected chi connectivity index (χ3v) is 4.82. The molecule has 0 bridgehead atoms. The fraction of sp³-hybridized carbons (Fsp3) is 0.316. The van der Waals surface area contributed by atoms with Gasteiger partial charge in [-0.3, -0.25) is 14.9 Å². The Morgan fingerprint density at radius 3 is 2.52 bits per heavy atom. The number of rotatable bonds is 7. The molecular formula is C19H21N3O2S. The average Bonchev–Trinajstić information content (AvgIpc) is 3.07. The third-order valence-electron chi connectivity index (χ3n) is 4.01. The number of anilines is 1. The van der Waals surface area contributed by atoms with Gasteiger partial charge in [-0.25, -0.2) is 4.98 Å². The molecule has 1 aromatic heterocycles. The molecule has 5 nitrogen and oxygen atoms in total. The number of terminal acetylenes is 1. The van der Waals surface area contributed by atoms with E-state index in [9.17, 15) is 9.59 Å². The summed E-state index contributed by atoms with van der Waals surface area (Å²) in [6, 6.07) is 8.90. The number of hydrogen-bond donors (Lipinski definition) is 2. The number of benzene rings is 1. The lowest BCUT2D eigenvalue weighted by Gasteiger charge is -2.26. The molecule has 2 N–H and O–H groups in total. The van der Waals surface area contributed by atoms with E-state index in [1.807, 2.05) is 19.9 Å². The first-order chi connectivity index (χ1) is 12.0. The van der Waals surface area contributed by atoms with Gasteiger partial charge in [-0.1, -0.05) is 38.0 Å². The van der Waals surface area contributed by atoms with Gasteiger partial charge in [0.1, 0.15) is 5.54 Å². The maximum atomic E-state index is 12.2. The van der Waals surface area contributed by atoms with Crippen molar-refractivity contribution >= 4 is 28.3 Å². The molecule has 2 aromatic rings. The molecule has 0 saturated heterocycles. The van der Waals surface area contributed by atoms with E-state index < -0.39 is 5.54 Å². The number of carbonyl (C=O) groups excluding carboxylic acids is 2. The smallest absolute Gasteiger partial charge is 0.257 e. The average molecular weight is 355 g/mol. The molecule has 2 amide bonds. The van der Waals surface area contributed by atoms with Crippen molar-refractivity contribution < 1.29 is 9.59 Å². The predicted octanol–water partition coefficient (Wildman–Crippen LogP) is 3.25. The molecule has 130 valence electrons. The molecule has 0 spiro atoms. The fourth-order valence-electron chi connectivity index (χ4n) is 2.35. The second-order valence-electron chi connectivity index (χ2n) is 5.62. The topological polar surface area (TPSA) is 71.1 Å². The number of hydrogen-bond acceptors (Lipinski definition) is 4. The van der Waals surface area contributed by atoms with Crippen molar-refractivity contribution in [3.63, 3.8) is 0 Å². The minimum Gasteiger partial charge on any atom is -0.339 e. The Labute approximate surface area is 151 Å². The van der Waals surface area contributed by atoms with Crippen molar-refractivity contribution in [1.29, 1.82) is 0 Å². The zero-order valence-electron chi connectivity index (χ0n) is 14.3. The highest BCUT2D eigenvalue weighted by atomic mass is 32.1. The predicted molar refractivity (Wildman–Crippen MR) is 101 cm³/mol. The van der Waals surface area contributed by atoms with Crippen LogP contribution in [0.4, 0.5) is 5.13 Å². The van der Waals surface area contributed by atoms with Crippen molar-refractivity contribution in [1.82, 2.24) is 10.3 Å². The molecule has 0 aliphatic heterocycles. The van der Waals surface area contributed by atoms with Gasteiger partial charge in [-0.05, 0) is 25.0 Å². The zero-order valence-corrected chi connectivity index (χ0v) is 15.2. The Bertz CT molecular complexity index is 773. The van der Waals surface area contributed by atoms with Gasteiger partial charge in [0.2, 0.25) is 5.91 Å². The lowest BCUT2D eigenvalue weighted by molar-refractivity contribution is -0.121. The van der Waals surface area contributed by atoms with E-state index in [0.717, 1.165) is 0 Å². The third kappa shape index (κ3) is 4.91. The van der Waals surface area contributed by atoms with Crippen LogP contribution in [-0.2, 0) is 11.2 Å². The van der Waals surface area contributed by atoms with Crippen LogP contribution in [0.2, 0.25) is 0 Å². The van der Waals surface area contributed by atoms with Crippen molar-refractivity contribution in [2.45, 2.75) is 38.6 Å². The molecule has 1 heterocycles. The molecule has 0 fully saturated rings. The molecule has 0 atom stereocenters. The van der Waals surface area contributed by atoms with E-state index >= 15 is 0 Å². The number of nitrogens with one attached hydrogen (secondary N) is 2. The van der Waals surface area contributed by atoms with Crippen LogP contribution in [0.25, 0.3) is 0 Å². The zero-order chi connectivity index (χ0) is 18.3. The Balaban J connectivity index is 1.96. The van der Waals surface area contributed by atoms with E-state index in [-0.39, 0.29) is 18.2 Å². The molecule has 0 aliphatic carbocycles. The van der Waals surface area contributed by atoms with Crippen LogP contribution in [0.1, 0.15) is 42.7 Å². The van der Waals surface area contributed by atoms with E-state index in [2.05, 4.69) is 21.5 Å². The van der Waals surface area contributed by atoms with Crippen LogP contribution >= 0.6 is 11.3 Å². The maximum absolute atomic E-state index is 12.2. The summed E-state index contributed by atoms with van der Waals surface area (Å²) in [5.74, 6) is 2.27. The van der Waals surface area contributed by atoms with Gasteiger partial charge < -0.3 is 5.32 Å². The standard InChI is InChI=1S/C19H21N3O2S/c1-4-19(5-2,6-3)22-16(23)12-15-13-25-18(20-15)21-17(24)14-10-8-7-9-11-14/h1,7-11,13H,5-6,12H2,2-3H3,(H,22,23)(H,20,21,24). The van der Waals surface area contributed by atoms with Crippen molar-refractivity contribution in [2.24, 2.45) is 0 Å². The second kappa shape index (κ2) is 8.45. The quantitative estimate of drug-likeness (QED) is 0.749. The van der Waals surface area contributed by atoms with E-state index in [0.29, 0.717) is 29.2 Å². The largest absolute Gasteiger partial charge is 0.339 e. The Morgan fingerprint density at radius 1 is 1.24 bits per heavy atom. The van der Waals surface area contributed by atoms with Crippen LogP contribution in [0, 0.1) is 12.3 Å². The van der Waals surface area contributed by atoms with Crippen LogP contribution in [0.3, 0.4) is 0 Å². The first kappa shape index (κ1) is 18.7. The molecular weight excluding hydrogens is 334 g/mol. The summed E-state index contributed by atoms with van der Waals surface area (Å²) in [7, 11) is 0. The van der Waals surface area contributed by atoms with Gasteiger partial charge in [0.25, 0.3) is 5.91 Å². The van der Waals surface area contributed by atoms with E-state index in [1.54, 1.807) is 29.6 Å². The SMILES string of the molecule is C#CC(CC)(CC)NC(=O)Cc1csc(NC(=O)c2ccccc2)n1. The lowest BCUT2D eigenvalue weighted by atomic mass is 9.93. The van der Waals surface area contributed by atoms with Crippen LogP contribution in [-0.4, -0.2) is 22.3 Å². The molecule has 0 saturated carbocycles. The van der Waals surface area contributed by atoms with Crippen LogP contribution in [0.15, 0.2) is 35.7 Å². The summed E-state index contributed by atoms with van der Waals surface area (Å²) >= 11 is 1.29. The number of carbonyl (C=O) groups is 2. The van der Waals surface area contributed by atoms with Crippen molar-refractivity contribution in [2.75, 3.05) is 5.32 Å². The summed E-state index contributed by atoms with van der Waals surface area (Å²) in [6.07, 6.45) is 7.02. The van der Waals surface area contributed by atoms with Gasteiger partial charge in [0.15, 0.2) is 5.13 Å². The second-order valence-corrected chi connectivity index (χ2v) is 6.48. The molecule has 0 radical (unpaired) electrons. The maximum Gasteiger partial charge on any atom is 0.257 e. The Kier molecular flexibility index (Phi) is 6.31. The van der Waals surface area contributed by atoms with Gasteiger partial charge in [0.05, 0.1) is 12.1 Å². The Morgan fingerprint density at radius 2 is 1.92 bits per heavy atom. The summed E-state index contributed by atoms with van der Waals surface area (Å²) in [5, 5.41) is 7.87. The van der Waals surface area contributed by atoms with Gasteiger partial charge >= 0.3 is 0 Å². The fourth-order valence-corrected chi connectivity index (χ4v) is 3.05. The summed E-state index contributed by atoms with van der Waals surface area (Å²) in [4.78, 5) is 28.6. The first-order valence-corrected chi connectivity index (χ1v) is 8.99. The van der Waals surface area contributed by atoms with Crippen molar-refractivity contribution in [3.05, 3.63) is 47.0 Å². The monoisotopic (exact) mass is 355 g/mol. The van der Waals surface area contributed by atoms with Crippen LogP contribution < -0.4 is 10.6 Å². The summed E-state index contributed by atoms with van der Waals surface area (Å²) < 4.78 is 0. The molecule has 1 aromatic carbocycles. The molecule has 0 unspecified atom stereocenters. The highest BCUT2D eigenvalue weighted by molar-refractivity contribution is 7.14. The first-order valence-electron chi connectivity index (χ1n) is 8.11. The minimum atomic E-state index is -0.614. The number of amides is 2. The number of nitrogens with zero attached hydrogens (tertiary/aromatic N) is 1. The highest BCUT2D eigenvalue weighted by Crippen LogP contribution is 2.18. The van der Waals surface area contributed by atoms with Gasteiger partial charge in [0, 0.05) is 10.9 Å². The van der Waals surface area contributed by atoms with Gasteiger partial charge in [-0.15, -0.1) is 17.8 Å². The van der Waals surface area contributed by atoms with Crippen LogP contribution in [0.5, 0.6) is 0 Å². The normalized spacial score (nSPS) is 10.8. The summed E-state index contributed by atoms with van der Waals surface area (Å²) in [5.41, 5.74) is 0.544. The molecule has 25 heavy (non-hydrogen) atoms. The number of thiazole rings is 1. The lowest BCUT2D eigenvalue weighted by Crippen LogP contribution is -2.47. The van der Waals surface area contributed by atoms with Gasteiger partial charge in [-0.2, -0.15) is 0 Å². The van der Waals surface area contributed by atoms with Crippen molar-refractivity contribution in [3.8, 4) is 12.3 Å². The Hall–Kier alpha value is -2.65.